The number of fused-ring (bicyclic) bond motifs is 1. The van der Waals surface area contributed by atoms with Crippen molar-refractivity contribution in [3.63, 3.8) is 0 Å². The van der Waals surface area contributed by atoms with Gasteiger partial charge in [-0.2, -0.15) is 0 Å². The zero-order valence-corrected chi connectivity index (χ0v) is 15.9. The molecule has 0 bridgehead atoms. The van der Waals surface area contributed by atoms with Gasteiger partial charge in [-0.3, -0.25) is 4.79 Å². The van der Waals surface area contributed by atoms with Crippen LogP contribution in [0.3, 0.4) is 0 Å². The van der Waals surface area contributed by atoms with Gasteiger partial charge in [0.1, 0.15) is 12.6 Å². The van der Waals surface area contributed by atoms with Crippen LogP contribution in [0.15, 0.2) is 47.1 Å². The van der Waals surface area contributed by atoms with Gasteiger partial charge < -0.3 is 14.5 Å². The average molecular weight is 392 g/mol. The van der Waals surface area contributed by atoms with Crippen molar-refractivity contribution in [1.82, 2.24) is 5.32 Å². The number of benzene rings is 1. The fourth-order valence-electron chi connectivity index (χ4n) is 2.50. The van der Waals surface area contributed by atoms with E-state index in [0.717, 1.165) is 15.0 Å². The third-order valence-electron chi connectivity index (χ3n) is 3.90. The molecule has 0 saturated heterocycles. The Morgan fingerprint density at radius 2 is 2.00 bits per heavy atom. The van der Waals surface area contributed by atoms with Crippen LogP contribution in [0.4, 0.5) is 0 Å². The first-order valence-corrected chi connectivity index (χ1v) is 9.33. The second-order valence-corrected chi connectivity index (χ2v) is 7.63. The minimum absolute atomic E-state index is 0.0663. The summed E-state index contributed by atoms with van der Waals surface area (Å²) in [7, 11) is 0. The normalized spacial score (nSPS) is 12.3. The smallest absolute Gasteiger partial charge is 0.329 e. The molecule has 2 aromatic heterocycles. The predicted octanol–water partition coefficient (Wildman–Crippen LogP) is 4.65. The molecule has 1 N–H and O–H groups in total. The van der Waals surface area contributed by atoms with E-state index in [-0.39, 0.29) is 18.3 Å². The van der Waals surface area contributed by atoms with Crippen LogP contribution in [0.1, 0.15) is 29.3 Å². The SMILES string of the molecule is CC(C)[C@H](NC(=O)c1ccco1)C(=O)OCc1sc2ccccc2c1Cl. The van der Waals surface area contributed by atoms with E-state index in [2.05, 4.69) is 5.32 Å². The highest BCUT2D eigenvalue weighted by molar-refractivity contribution is 7.19. The topological polar surface area (TPSA) is 68.5 Å². The molecule has 0 aliphatic rings. The van der Waals surface area contributed by atoms with Crippen LogP contribution in [-0.2, 0) is 16.1 Å². The third-order valence-corrected chi connectivity index (χ3v) is 5.59. The zero-order chi connectivity index (χ0) is 18.7. The Labute approximate surface area is 159 Å². The highest BCUT2D eigenvalue weighted by atomic mass is 35.5. The van der Waals surface area contributed by atoms with E-state index in [1.807, 2.05) is 38.1 Å². The molecule has 0 fully saturated rings. The predicted molar refractivity (Wildman–Crippen MR) is 101 cm³/mol. The minimum atomic E-state index is -0.777. The minimum Gasteiger partial charge on any atom is -0.459 e. The number of thiophene rings is 1. The number of carbonyl (C=O) groups is 2. The van der Waals surface area contributed by atoms with Crippen molar-refractivity contribution in [2.24, 2.45) is 5.92 Å². The van der Waals surface area contributed by atoms with Crippen molar-refractivity contribution in [2.75, 3.05) is 0 Å². The molecule has 26 heavy (non-hydrogen) atoms. The number of rotatable bonds is 6. The zero-order valence-electron chi connectivity index (χ0n) is 14.3. The molecule has 1 amide bonds. The summed E-state index contributed by atoms with van der Waals surface area (Å²) in [4.78, 5) is 25.4. The molecule has 0 aliphatic heterocycles. The van der Waals surface area contributed by atoms with Crippen LogP contribution in [0, 0.1) is 5.92 Å². The first kappa shape index (κ1) is 18.5. The first-order chi connectivity index (χ1) is 12.5. The maximum absolute atomic E-state index is 12.5. The van der Waals surface area contributed by atoms with Crippen molar-refractivity contribution >= 4 is 44.9 Å². The Balaban J connectivity index is 1.67. The van der Waals surface area contributed by atoms with Crippen molar-refractivity contribution in [2.45, 2.75) is 26.5 Å². The third kappa shape index (κ3) is 3.92. The number of hydrogen-bond acceptors (Lipinski definition) is 5. The van der Waals surface area contributed by atoms with E-state index in [1.165, 1.54) is 23.7 Å². The fraction of sp³-hybridized carbons (Fsp3) is 0.263. The summed E-state index contributed by atoms with van der Waals surface area (Å²) >= 11 is 7.86. The van der Waals surface area contributed by atoms with Crippen LogP contribution in [0.25, 0.3) is 10.1 Å². The molecular formula is C19H18ClNO4S. The van der Waals surface area contributed by atoms with Gasteiger partial charge in [-0.1, -0.05) is 43.6 Å². The molecule has 5 nitrogen and oxygen atoms in total. The molecular weight excluding hydrogens is 374 g/mol. The summed E-state index contributed by atoms with van der Waals surface area (Å²) in [5.74, 6) is -0.950. The summed E-state index contributed by atoms with van der Waals surface area (Å²) in [6.07, 6.45) is 1.40. The molecule has 0 unspecified atom stereocenters. The van der Waals surface area contributed by atoms with Crippen LogP contribution in [-0.4, -0.2) is 17.9 Å². The number of ether oxygens (including phenoxy) is 1. The van der Waals surface area contributed by atoms with Gasteiger partial charge in [0.25, 0.3) is 5.91 Å². The lowest BCUT2D eigenvalue weighted by Gasteiger charge is -2.20. The number of hydrogen-bond donors (Lipinski definition) is 1. The molecule has 1 aromatic carbocycles. The maximum atomic E-state index is 12.5. The highest BCUT2D eigenvalue weighted by Crippen LogP contribution is 2.35. The average Bonchev–Trinajstić information content (AvgIpc) is 3.26. The molecule has 0 aliphatic carbocycles. The Kier molecular flexibility index (Phi) is 5.64. The lowest BCUT2D eigenvalue weighted by Crippen LogP contribution is -2.45. The number of esters is 1. The van der Waals surface area contributed by atoms with Crippen LogP contribution in [0.2, 0.25) is 5.02 Å². The van der Waals surface area contributed by atoms with Gasteiger partial charge in [0.05, 0.1) is 16.2 Å². The van der Waals surface area contributed by atoms with Crippen molar-refractivity contribution in [3.05, 3.63) is 58.3 Å². The van der Waals surface area contributed by atoms with Gasteiger partial charge in [0.2, 0.25) is 0 Å². The molecule has 3 aromatic rings. The van der Waals surface area contributed by atoms with Crippen LogP contribution < -0.4 is 5.32 Å². The van der Waals surface area contributed by atoms with Crippen molar-refractivity contribution < 1.29 is 18.7 Å². The summed E-state index contributed by atoms with van der Waals surface area (Å²) in [5, 5.41) is 4.20. The number of halogens is 1. The van der Waals surface area contributed by atoms with Crippen molar-refractivity contribution in [1.29, 1.82) is 0 Å². The molecule has 0 saturated carbocycles. The standard InChI is InChI=1S/C19H18ClNO4S/c1-11(2)17(21-18(22)13-7-5-9-24-13)19(23)25-10-15-16(20)12-6-3-4-8-14(12)26-15/h3-9,11,17H,10H2,1-2H3,(H,21,22)/t17-/m0/s1. The first-order valence-electron chi connectivity index (χ1n) is 8.14. The number of nitrogens with one attached hydrogen (secondary N) is 1. The molecule has 0 radical (unpaired) electrons. The second kappa shape index (κ2) is 7.93. The molecule has 3 rings (SSSR count). The summed E-state index contributed by atoms with van der Waals surface area (Å²) in [5.41, 5.74) is 0. The molecule has 2 heterocycles. The summed E-state index contributed by atoms with van der Waals surface area (Å²) in [6, 6.07) is 10.1. The summed E-state index contributed by atoms with van der Waals surface area (Å²) < 4.78 is 11.5. The Bertz CT molecular complexity index is 917. The Morgan fingerprint density at radius 1 is 1.23 bits per heavy atom. The van der Waals surface area contributed by atoms with Gasteiger partial charge >= 0.3 is 5.97 Å². The van der Waals surface area contributed by atoms with E-state index < -0.39 is 17.9 Å². The maximum Gasteiger partial charge on any atom is 0.329 e. The fourth-order valence-corrected chi connectivity index (χ4v) is 3.90. The number of carbonyl (C=O) groups excluding carboxylic acids is 2. The van der Waals surface area contributed by atoms with Gasteiger partial charge in [0.15, 0.2) is 5.76 Å². The van der Waals surface area contributed by atoms with Gasteiger partial charge in [-0.05, 0) is 24.1 Å². The van der Waals surface area contributed by atoms with E-state index in [9.17, 15) is 9.59 Å². The van der Waals surface area contributed by atoms with Crippen LogP contribution in [0.5, 0.6) is 0 Å². The Morgan fingerprint density at radius 3 is 2.65 bits per heavy atom. The molecule has 0 spiro atoms. The quantitative estimate of drug-likeness (QED) is 0.621. The largest absolute Gasteiger partial charge is 0.459 e. The second-order valence-electron chi connectivity index (χ2n) is 6.12. The monoisotopic (exact) mass is 391 g/mol. The van der Waals surface area contributed by atoms with E-state index in [0.29, 0.717) is 5.02 Å². The number of furan rings is 1. The lowest BCUT2D eigenvalue weighted by atomic mass is 10.0. The molecule has 7 heteroatoms. The van der Waals surface area contributed by atoms with Gasteiger partial charge in [0, 0.05) is 10.1 Å². The number of amides is 1. The lowest BCUT2D eigenvalue weighted by molar-refractivity contribution is -0.148. The van der Waals surface area contributed by atoms with Gasteiger partial charge in [-0.25, -0.2) is 4.79 Å². The molecule has 136 valence electrons. The molecule has 1 atom stereocenters. The Hall–Kier alpha value is -2.31. The van der Waals surface area contributed by atoms with E-state index in [1.54, 1.807) is 6.07 Å². The van der Waals surface area contributed by atoms with E-state index in [4.69, 9.17) is 20.8 Å². The van der Waals surface area contributed by atoms with E-state index >= 15 is 0 Å². The van der Waals surface area contributed by atoms with Gasteiger partial charge in [-0.15, -0.1) is 11.3 Å². The van der Waals surface area contributed by atoms with Crippen molar-refractivity contribution in [3.8, 4) is 0 Å². The highest BCUT2D eigenvalue weighted by Gasteiger charge is 2.27. The summed E-state index contributed by atoms with van der Waals surface area (Å²) in [6.45, 7) is 3.73. The van der Waals surface area contributed by atoms with Crippen LogP contribution >= 0.6 is 22.9 Å².